The van der Waals surface area contributed by atoms with E-state index in [1.54, 1.807) is 0 Å². The number of aromatic nitrogens is 2. The molecule has 0 bridgehead atoms. The smallest absolute Gasteiger partial charge is 0.327 e. The molecule has 26 heavy (non-hydrogen) atoms. The highest BCUT2D eigenvalue weighted by Gasteiger charge is 2.24. The van der Waals surface area contributed by atoms with Crippen LogP contribution in [0.25, 0.3) is 0 Å². The molecule has 0 saturated carbocycles. The van der Waals surface area contributed by atoms with Crippen LogP contribution in [0.4, 0.5) is 5.82 Å². The second-order valence-corrected chi connectivity index (χ2v) is 7.27. The fourth-order valence-corrected chi connectivity index (χ4v) is 2.75. The SMILES string of the molecule is O=c1[nH]c(NC[C@H](O)[C@H](O)[C@H](O)CO)c(CCCCS(=O)(=O)O)c(=O)[nH]1. The Kier molecular flexibility index (Phi) is 8.39. The summed E-state index contributed by atoms with van der Waals surface area (Å²) in [6.45, 7) is -1.12. The largest absolute Gasteiger partial charge is 0.394 e. The Hall–Kier alpha value is -1.77. The molecule has 0 amide bonds. The van der Waals surface area contributed by atoms with Crippen molar-refractivity contribution < 1.29 is 33.4 Å². The fourth-order valence-electron chi connectivity index (χ4n) is 2.18. The Morgan fingerprint density at radius 1 is 1.04 bits per heavy atom. The molecule has 3 atom stereocenters. The van der Waals surface area contributed by atoms with Gasteiger partial charge in [0, 0.05) is 6.54 Å². The minimum absolute atomic E-state index is 0.0321. The molecule has 12 nitrogen and oxygen atoms in total. The third-order valence-electron chi connectivity index (χ3n) is 3.58. The van der Waals surface area contributed by atoms with Crippen molar-refractivity contribution in [2.75, 3.05) is 24.2 Å². The number of hydrogen-bond donors (Lipinski definition) is 8. The lowest BCUT2D eigenvalue weighted by atomic mass is 10.1. The molecule has 0 aliphatic carbocycles. The summed E-state index contributed by atoms with van der Waals surface area (Å²) in [5, 5.41) is 39.9. The molecular weight excluding hydrogens is 374 g/mol. The molecule has 0 aliphatic rings. The number of aliphatic hydroxyl groups excluding tert-OH is 4. The van der Waals surface area contributed by atoms with E-state index in [9.17, 15) is 33.3 Å². The molecule has 0 radical (unpaired) electrons. The summed E-state index contributed by atoms with van der Waals surface area (Å²) in [6.07, 6.45) is -4.35. The van der Waals surface area contributed by atoms with Gasteiger partial charge in [-0.2, -0.15) is 8.42 Å². The van der Waals surface area contributed by atoms with Crippen molar-refractivity contribution in [3.8, 4) is 0 Å². The zero-order valence-corrected chi connectivity index (χ0v) is 14.6. The zero-order chi connectivity index (χ0) is 19.9. The second-order valence-electron chi connectivity index (χ2n) is 5.69. The molecule has 0 saturated heterocycles. The predicted octanol–water partition coefficient (Wildman–Crippen LogP) is -3.24. The van der Waals surface area contributed by atoms with Crippen LogP contribution < -0.4 is 16.6 Å². The van der Waals surface area contributed by atoms with Crippen LogP contribution >= 0.6 is 0 Å². The standard InChI is InChI=1S/C13H23N3O9S/c17-6-9(19)10(20)8(18)5-14-11-7(12(21)16-13(22)15-11)3-1-2-4-26(23,24)25/h8-10,17-20H,1-6H2,(H,23,24,25)(H3,14,15,16,21,22)/t8-,9+,10-/m0/s1. The maximum atomic E-state index is 11.9. The van der Waals surface area contributed by atoms with E-state index in [1.165, 1.54) is 0 Å². The second kappa shape index (κ2) is 9.80. The average molecular weight is 397 g/mol. The summed E-state index contributed by atoms with van der Waals surface area (Å²) in [7, 11) is -4.11. The molecule has 1 rings (SSSR count). The van der Waals surface area contributed by atoms with Gasteiger partial charge in [0.15, 0.2) is 0 Å². The summed E-state index contributed by atoms with van der Waals surface area (Å²) in [5.41, 5.74) is -1.44. The number of H-pyrrole nitrogens is 2. The van der Waals surface area contributed by atoms with E-state index in [-0.39, 0.29) is 37.2 Å². The normalized spacial score (nSPS) is 15.4. The minimum atomic E-state index is -4.11. The van der Waals surface area contributed by atoms with Crippen LogP contribution in [0.2, 0.25) is 0 Å². The van der Waals surface area contributed by atoms with Crippen molar-refractivity contribution in [1.82, 2.24) is 9.97 Å². The number of hydrogen-bond acceptors (Lipinski definition) is 9. The van der Waals surface area contributed by atoms with Crippen molar-refractivity contribution in [3.63, 3.8) is 0 Å². The number of rotatable bonds is 11. The molecule has 0 spiro atoms. The molecule has 0 unspecified atom stereocenters. The van der Waals surface area contributed by atoms with Crippen LogP contribution in [0.3, 0.4) is 0 Å². The highest BCUT2D eigenvalue weighted by atomic mass is 32.2. The van der Waals surface area contributed by atoms with Gasteiger partial charge in [0.25, 0.3) is 15.7 Å². The van der Waals surface area contributed by atoms with Crippen LogP contribution in [-0.2, 0) is 16.5 Å². The summed E-state index contributed by atoms with van der Waals surface area (Å²) in [5.74, 6) is -0.503. The molecule has 0 aliphatic heterocycles. The van der Waals surface area contributed by atoms with E-state index in [4.69, 9.17) is 9.66 Å². The van der Waals surface area contributed by atoms with Gasteiger partial charge in [0.05, 0.1) is 24.0 Å². The Labute approximate surface area is 148 Å². The maximum Gasteiger partial charge on any atom is 0.327 e. The Bertz CT molecular complexity index is 789. The van der Waals surface area contributed by atoms with Gasteiger partial charge in [-0.15, -0.1) is 0 Å². The molecule has 150 valence electrons. The molecule has 0 aromatic carbocycles. The molecule has 0 fully saturated rings. The molecule has 1 aromatic rings. The number of aliphatic hydroxyl groups is 4. The van der Waals surface area contributed by atoms with Gasteiger partial charge >= 0.3 is 5.69 Å². The van der Waals surface area contributed by atoms with Gasteiger partial charge in [0.2, 0.25) is 0 Å². The quantitative estimate of drug-likeness (QED) is 0.138. The first kappa shape index (κ1) is 22.3. The van der Waals surface area contributed by atoms with Gasteiger partial charge < -0.3 is 25.7 Å². The van der Waals surface area contributed by atoms with E-state index in [0.717, 1.165) is 0 Å². The summed E-state index contributed by atoms with van der Waals surface area (Å²) in [6, 6.07) is 0. The van der Waals surface area contributed by atoms with Gasteiger partial charge in [-0.05, 0) is 19.3 Å². The number of aromatic amines is 2. The van der Waals surface area contributed by atoms with Gasteiger partial charge in [-0.25, -0.2) is 4.79 Å². The number of nitrogens with one attached hydrogen (secondary N) is 3. The summed E-state index contributed by atoms with van der Waals surface area (Å²) < 4.78 is 30.0. The zero-order valence-electron chi connectivity index (χ0n) is 13.8. The van der Waals surface area contributed by atoms with E-state index < -0.39 is 52.0 Å². The van der Waals surface area contributed by atoms with E-state index in [0.29, 0.717) is 0 Å². The van der Waals surface area contributed by atoms with E-state index in [2.05, 4.69) is 10.3 Å². The van der Waals surface area contributed by atoms with Gasteiger partial charge in [-0.1, -0.05) is 0 Å². The lowest BCUT2D eigenvalue weighted by Gasteiger charge is -2.22. The van der Waals surface area contributed by atoms with Gasteiger partial charge in [-0.3, -0.25) is 19.3 Å². The fraction of sp³-hybridized carbons (Fsp3) is 0.692. The van der Waals surface area contributed by atoms with Crippen LogP contribution in [0, 0.1) is 0 Å². The van der Waals surface area contributed by atoms with Crippen molar-refractivity contribution in [2.24, 2.45) is 0 Å². The number of unbranched alkanes of at least 4 members (excludes halogenated alkanes) is 1. The van der Waals surface area contributed by atoms with Crippen LogP contribution in [-0.4, -0.2) is 80.6 Å². The lowest BCUT2D eigenvalue weighted by Crippen LogP contribution is -2.43. The Balaban J connectivity index is 2.80. The van der Waals surface area contributed by atoms with Crippen LogP contribution in [0.15, 0.2) is 9.59 Å². The molecular formula is C13H23N3O9S. The number of anilines is 1. The maximum absolute atomic E-state index is 11.9. The lowest BCUT2D eigenvalue weighted by molar-refractivity contribution is -0.0715. The molecule has 1 aromatic heterocycles. The van der Waals surface area contributed by atoms with E-state index in [1.807, 2.05) is 4.98 Å². The summed E-state index contributed by atoms with van der Waals surface area (Å²) in [4.78, 5) is 27.7. The van der Waals surface area contributed by atoms with Crippen LogP contribution in [0.5, 0.6) is 0 Å². The third kappa shape index (κ3) is 7.23. The van der Waals surface area contributed by atoms with Crippen molar-refractivity contribution in [1.29, 1.82) is 0 Å². The van der Waals surface area contributed by atoms with Crippen LogP contribution in [0.1, 0.15) is 18.4 Å². The average Bonchev–Trinajstić information content (AvgIpc) is 2.55. The molecule has 13 heteroatoms. The summed E-state index contributed by atoms with van der Waals surface area (Å²) >= 11 is 0. The molecule has 8 N–H and O–H groups in total. The Morgan fingerprint density at radius 3 is 2.27 bits per heavy atom. The first-order chi connectivity index (χ1) is 12.0. The Morgan fingerprint density at radius 2 is 1.69 bits per heavy atom. The van der Waals surface area contributed by atoms with Crippen molar-refractivity contribution >= 4 is 15.9 Å². The highest BCUT2D eigenvalue weighted by molar-refractivity contribution is 7.85. The van der Waals surface area contributed by atoms with Crippen molar-refractivity contribution in [3.05, 3.63) is 26.4 Å². The third-order valence-corrected chi connectivity index (χ3v) is 4.39. The predicted molar refractivity (Wildman–Crippen MR) is 90.6 cm³/mol. The molecule has 1 heterocycles. The monoisotopic (exact) mass is 397 g/mol. The van der Waals surface area contributed by atoms with Gasteiger partial charge in [0.1, 0.15) is 18.0 Å². The highest BCUT2D eigenvalue weighted by Crippen LogP contribution is 2.10. The van der Waals surface area contributed by atoms with Crippen molar-refractivity contribution in [2.45, 2.75) is 37.6 Å². The minimum Gasteiger partial charge on any atom is -0.394 e. The first-order valence-corrected chi connectivity index (χ1v) is 9.35. The van der Waals surface area contributed by atoms with E-state index >= 15 is 0 Å². The topological polar surface area (TPSA) is 213 Å². The first-order valence-electron chi connectivity index (χ1n) is 7.74.